The summed E-state index contributed by atoms with van der Waals surface area (Å²) >= 11 is 0. The first-order valence-corrected chi connectivity index (χ1v) is 29.7. The highest BCUT2D eigenvalue weighted by Gasteiger charge is 2.33. The van der Waals surface area contributed by atoms with E-state index in [0.717, 1.165) is 11.1 Å². The predicted octanol–water partition coefficient (Wildman–Crippen LogP) is 8.11. The molecule has 0 atom stereocenters. The van der Waals surface area contributed by atoms with Crippen molar-refractivity contribution in [2.75, 3.05) is 144 Å². The summed E-state index contributed by atoms with van der Waals surface area (Å²) < 4.78 is 53.0. The lowest BCUT2D eigenvalue weighted by atomic mass is 10.1. The van der Waals surface area contributed by atoms with Gasteiger partial charge in [-0.1, -0.05) is 6.07 Å². The average molecular weight is 1190 g/mol. The number of carbonyl (C=O) groups is 6. The van der Waals surface area contributed by atoms with E-state index in [0.29, 0.717) is 71.4 Å². The van der Waals surface area contributed by atoms with Crippen LogP contribution in [0.1, 0.15) is 136 Å². The minimum atomic E-state index is -0.798. The van der Waals surface area contributed by atoms with Crippen molar-refractivity contribution in [3.05, 3.63) is 29.3 Å². The largest absolute Gasteiger partial charge is 0.491 e. The van der Waals surface area contributed by atoms with Crippen LogP contribution in [-0.2, 0) is 51.0 Å². The third kappa shape index (κ3) is 31.0. The molecule has 2 aliphatic heterocycles. The lowest BCUT2D eigenvalue weighted by Crippen LogP contribution is -2.51. The smallest absolute Gasteiger partial charge is 0.410 e. The Bertz CT molecular complexity index is 2000. The first kappa shape index (κ1) is 72.7. The highest BCUT2D eigenvalue weighted by molar-refractivity contribution is 5.72. The number of hydrogen-bond acceptors (Lipinski definition) is 18. The van der Waals surface area contributed by atoms with E-state index < -0.39 is 70.2 Å². The summed E-state index contributed by atoms with van der Waals surface area (Å²) in [4.78, 5) is 97.0. The van der Waals surface area contributed by atoms with E-state index in [1.807, 2.05) is 12.1 Å². The standard InChI is InChI=1S/C60H107N9O15/c1-55(2,3)79-49(70)64-24-20-62(21-25-65(50(71)80-56(4,5)6)29-33-68(32-28-64)53(74)83-59(13,14)15)44-46-41-47(43-48(42-46)78-40-39-77-38-37-76-36-19-61)45-63-22-26-66(51(72)81-57(7,8)9)30-34-69(54(75)84-60(16,17)18)35-31-67(27-23-63)52(73)82-58(10,11)12/h41-43H,19-40,44-45,61H2,1-18H3. The molecule has 2 fully saturated rings. The van der Waals surface area contributed by atoms with Gasteiger partial charge >= 0.3 is 36.6 Å². The maximum atomic E-state index is 14.0. The molecular weight excluding hydrogens is 1090 g/mol. The Kier molecular flexibility index (Phi) is 28.4. The van der Waals surface area contributed by atoms with E-state index in [1.165, 1.54) is 9.80 Å². The first-order chi connectivity index (χ1) is 38.8. The average Bonchev–Trinajstić information content (AvgIpc) is 3.54. The molecule has 24 heteroatoms. The Labute approximate surface area is 502 Å². The maximum absolute atomic E-state index is 14.0. The van der Waals surface area contributed by atoms with Crippen LogP contribution in [0.3, 0.4) is 0 Å². The topological polar surface area (TPSA) is 237 Å². The molecule has 0 aliphatic carbocycles. The van der Waals surface area contributed by atoms with Gasteiger partial charge in [-0.15, -0.1) is 0 Å². The normalized spacial score (nSPS) is 17.0. The molecule has 0 saturated carbocycles. The highest BCUT2D eigenvalue weighted by Crippen LogP contribution is 2.23. The van der Waals surface area contributed by atoms with Crippen molar-refractivity contribution in [1.82, 2.24) is 39.2 Å². The molecule has 0 unspecified atom stereocenters. The van der Waals surface area contributed by atoms with Crippen LogP contribution in [0.5, 0.6) is 5.75 Å². The third-order valence-corrected chi connectivity index (χ3v) is 12.2. The number of amides is 6. The van der Waals surface area contributed by atoms with Crippen LogP contribution >= 0.6 is 0 Å². The van der Waals surface area contributed by atoms with Crippen LogP contribution in [0, 0.1) is 0 Å². The van der Waals surface area contributed by atoms with Gasteiger partial charge in [-0.25, -0.2) is 28.8 Å². The van der Waals surface area contributed by atoms with Crippen molar-refractivity contribution in [2.45, 2.75) is 171 Å². The number of nitrogens with zero attached hydrogens (tertiary/aromatic N) is 8. The van der Waals surface area contributed by atoms with E-state index in [-0.39, 0.29) is 91.8 Å². The monoisotopic (exact) mass is 1190 g/mol. The highest BCUT2D eigenvalue weighted by atomic mass is 16.6. The molecule has 2 heterocycles. The molecule has 0 spiro atoms. The van der Waals surface area contributed by atoms with Crippen molar-refractivity contribution >= 4 is 36.6 Å². The second-order valence-corrected chi connectivity index (χ2v) is 27.2. The van der Waals surface area contributed by atoms with Crippen LogP contribution < -0.4 is 10.5 Å². The summed E-state index contributed by atoms with van der Waals surface area (Å²) in [6, 6.07) is 6.00. The number of rotatable bonds is 13. The second-order valence-electron chi connectivity index (χ2n) is 27.2. The number of hydrogen-bond donors (Lipinski definition) is 1. The van der Waals surface area contributed by atoms with Gasteiger partial charge in [0.25, 0.3) is 0 Å². The summed E-state index contributed by atoms with van der Waals surface area (Å²) in [5, 5.41) is 0. The Balaban J connectivity index is 2.16. The van der Waals surface area contributed by atoms with Gasteiger partial charge in [-0.3, -0.25) is 9.80 Å². The Morgan fingerprint density at radius 3 is 0.774 bits per heavy atom. The molecule has 2 N–H and O–H groups in total. The van der Waals surface area contributed by atoms with Crippen molar-refractivity contribution in [3.63, 3.8) is 0 Å². The number of ether oxygens (including phenoxy) is 9. The van der Waals surface area contributed by atoms with Crippen LogP contribution in [0.15, 0.2) is 18.2 Å². The van der Waals surface area contributed by atoms with E-state index >= 15 is 0 Å². The number of nitrogens with two attached hydrogens (primary N) is 1. The Hall–Kier alpha value is -5.56. The van der Waals surface area contributed by atoms with E-state index in [9.17, 15) is 28.8 Å². The number of carbonyl (C=O) groups excluding carboxylic acids is 6. The maximum Gasteiger partial charge on any atom is 0.410 e. The summed E-state index contributed by atoms with van der Waals surface area (Å²) in [5.41, 5.74) is 2.52. The molecule has 1 aromatic carbocycles. The van der Waals surface area contributed by atoms with Gasteiger partial charge in [-0.2, -0.15) is 0 Å². The van der Waals surface area contributed by atoms with Crippen LogP contribution in [0.4, 0.5) is 28.8 Å². The summed E-state index contributed by atoms with van der Waals surface area (Å²) in [5.74, 6) is 0.565. The van der Waals surface area contributed by atoms with Crippen LogP contribution in [0.25, 0.3) is 0 Å². The Morgan fingerprint density at radius 1 is 0.333 bits per heavy atom. The van der Waals surface area contributed by atoms with E-state index in [1.54, 1.807) is 144 Å². The zero-order chi connectivity index (χ0) is 63.3. The molecule has 2 aliphatic rings. The third-order valence-electron chi connectivity index (χ3n) is 12.2. The molecule has 84 heavy (non-hydrogen) atoms. The second kappa shape index (κ2) is 32.8. The first-order valence-electron chi connectivity index (χ1n) is 29.7. The van der Waals surface area contributed by atoms with Gasteiger partial charge in [0.2, 0.25) is 0 Å². The lowest BCUT2D eigenvalue weighted by molar-refractivity contribution is 0.00436. The molecule has 1 aromatic rings. The SMILES string of the molecule is CC(C)(C)OC(=O)N1CCN(Cc2cc(CN3CCN(C(=O)OC(C)(C)C)CCN(C(=O)OC(C)(C)C)CCN(C(=O)OC(C)(C)C)CC3)cc(OCCOCCOCCN)c2)CCN(C(=O)OC(C)(C)C)CCN(C(=O)OC(C)(C)C)CC1. The van der Waals surface area contributed by atoms with Gasteiger partial charge in [0.05, 0.1) is 26.4 Å². The summed E-state index contributed by atoms with van der Waals surface area (Å²) in [6.45, 7) is 38.2. The fraction of sp³-hybridized carbons (Fsp3) is 0.800. The van der Waals surface area contributed by atoms with E-state index in [2.05, 4.69) is 15.9 Å². The molecule has 2 saturated heterocycles. The quantitative estimate of drug-likeness (QED) is 0.145. The van der Waals surface area contributed by atoms with E-state index in [4.69, 9.17) is 48.4 Å². The fourth-order valence-corrected chi connectivity index (χ4v) is 8.41. The van der Waals surface area contributed by atoms with Crippen molar-refractivity contribution < 1.29 is 71.4 Å². The van der Waals surface area contributed by atoms with Crippen LogP contribution in [-0.4, -0.2) is 254 Å². The molecule has 0 aromatic heterocycles. The van der Waals surface area contributed by atoms with Gasteiger partial charge in [0, 0.05) is 124 Å². The van der Waals surface area contributed by atoms with Crippen molar-refractivity contribution in [3.8, 4) is 5.75 Å². The van der Waals surface area contributed by atoms with Gasteiger partial charge in [0.1, 0.15) is 46.0 Å². The zero-order valence-corrected chi connectivity index (χ0v) is 54.5. The summed E-state index contributed by atoms with van der Waals surface area (Å²) in [7, 11) is 0. The lowest BCUT2D eigenvalue weighted by Gasteiger charge is -2.36. The predicted molar refractivity (Wildman–Crippen MR) is 320 cm³/mol. The van der Waals surface area contributed by atoms with Crippen LogP contribution in [0.2, 0.25) is 0 Å². The number of benzene rings is 1. The molecule has 24 nitrogen and oxygen atoms in total. The minimum absolute atomic E-state index is 0.107. The molecule has 0 radical (unpaired) electrons. The molecule has 0 bridgehead atoms. The Morgan fingerprint density at radius 2 is 0.548 bits per heavy atom. The summed E-state index contributed by atoms with van der Waals surface area (Å²) in [6.07, 6.45) is -3.29. The molecule has 6 amide bonds. The minimum Gasteiger partial charge on any atom is -0.491 e. The van der Waals surface area contributed by atoms with Gasteiger partial charge in [-0.05, 0) is 148 Å². The fourth-order valence-electron chi connectivity index (χ4n) is 8.41. The van der Waals surface area contributed by atoms with Crippen molar-refractivity contribution in [2.24, 2.45) is 5.73 Å². The molecule has 482 valence electrons. The van der Waals surface area contributed by atoms with Gasteiger partial charge in [0.15, 0.2) is 0 Å². The zero-order valence-electron chi connectivity index (χ0n) is 54.5. The van der Waals surface area contributed by atoms with Crippen molar-refractivity contribution in [1.29, 1.82) is 0 Å². The molecular formula is C60H107N9O15. The van der Waals surface area contributed by atoms with Gasteiger partial charge < -0.3 is 77.8 Å². The molecule has 3 rings (SSSR count).